The minimum absolute atomic E-state index is 0.573. The van der Waals surface area contributed by atoms with Crippen molar-refractivity contribution < 1.29 is 14.3 Å². The fourth-order valence-corrected chi connectivity index (χ4v) is 0.672. The van der Waals surface area contributed by atoms with Crippen molar-refractivity contribution in [1.29, 1.82) is 0 Å². The summed E-state index contributed by atoms with van der Waals surface area (Å²) in [6, 6.07) is 9.69. The fraction of sp³-hybridized carbons (Fsp3) is 0.250. The molecule has 0 N–H and O–H groups in total. The van der Waals surface area contributed by atoms with Crippen LogP contribution in [0.25, 0.3) is 0 Å². The van der Waals surface area contributed by atoms with E-state index >= 15 is 0 Å². The van der Waals surface area contributed by atoms with Gasteiger partial charge in [0, 0.05) is 0 Å². The Kier molecular flexibility index (Phi) is 9.35. The van der Waals surface area contributed by atoms with Crippen LogP contribution in [0.3, 0.4) is 0 Å². The highest BCUT2D eigenvalue weighted by Crippen LogP contribution is 2.07. The molecule has 1 aromatic carbocycles. The van der Waals surface area contributed by atoms with Gasteiger partial charge in [-0.25, -0.2) is 0 Å². The summed E-state index contributed by atoms with van der Waals surface area (Å²) in [5.74, 6) is 0.891. The van der Waals surface area contributed by atoms with Crippen molar-refractivity contribution in [3.8, 4) is 5.75 Å². The standard InChI is InChI=1S/C9H10O.C2H4O.CH2O/c1-2-8-10-9-6-4-3-5-7-9;1-2-3-1;1-2/h2-7H,1,8H2;1-2H2;1H2. The van der Waals surface area contributed by atoms with E-state index in [4.69, 9.17) is 9.53 Å². The van der Waals surface area contributed by atoms with Crippen molar-refractivity contribution in [3.63, 3.8) is 0 Å². The van der Waals surface area contributed by atoms with Crippen LogP contribution >= 0.6 is 0 Å². The largest absolute Gasteiger partial charge is 0.490 e. The van der Waals surface area contributed by atoms with Crippen molar-refractivity contribution in [1.82, 2.24) is 0 Å². The summed E-state index contributed by atoms with van der Waals surface area (Å²) in [7, 11) is 0. The van der Waals surface area contributed by atoms with E-state index in [-0.39, 0.29) is 0 Å². The predicted octanol–water partition coefficient (Wildman–Crippen LogP) is 2.08. The number of rotatable bonds is 3. The van der Waals surface area contributed by atoms with Gasteiger partial charge in [0.15, 0.2) is 0 Å². The predicted molar refractivity (Wildman–Crippen MR) is 60.1 cm³/mol. The summed E-state index contributed by atoms with van der Waals surface area (Å²) in [5.41, 5.74) is 0. The second-order valence-electron chi connectivity index (χ2n) is 2.53. The number of carbonyl (C=O) groups excluding carboxylic acids is 1. The van der Waals surface area contributed by atoms with E-state index in [9.17, 15) is 0 Å². The summed E-state index contributed by atoms with van der Waals surface area (Å²) < 4.78 is 9.74. The number of epoxide rings is 1. The van der Waals surface area contributed by atoms with E-state index in [0.717, 1.165) is 19.0 Å². The first kappa shape index (κ1) is 13.4. The Morgan fingerprint density at radius 3 is 2.20 bits per heavy atom. The average Bonchev–Trinajstić information content (AvgIpc) is 3.18. The average molecular weight is 208 g/mol. The highest BCUT2D eigenvalue weighted by Gasteiger charge is 1.94. The Hall–Kier alpha value is -1.61. The number of ether oxygens (including phenoxy) is 2. The summed E-state index contributed by atoms with van der Waals surface area (Å²) in [6.45, 7) is 8.12. The number of benzene rings is 1. The van der Waals surface area contributed by atoms with Gasteiger partial charge in [0.05, 0.1) is 13.2 Å². The Morgan fingerprint density at radius 2 is 1.80 bits per heavy atom. The number of carbonyl (C=O) groups is 1. The lowest BCUT2D eigenvalue weighted by Crippen LogP contribution is -1.91. The molecule has 1 heterocycles. The molecular weight excluding hydrogens is 192 g/mol. The molecule has 1 aromatic rings. The fourth-order valence-electron chi connectivity index (χ4n) is 0.672. The molecule has 0 spiro atoms. The zero-order chi connectivity index (χ0) is 11.4. The van der Waals surface area contributed by atoms with Crippen LogP contribution in [0.4, 0.5) is 0 Å². The minimum Gasteiger partial charge on any atom is -0.490 e. The van der Waals surface area contributed by atoms with E-state index in [2.05, 4.69) is 11.3 Å². The maximum absolute atomic E-state index is 8.00. The van der Waals surface area contributed by atoms with Gasteiger partial charge in [-0.2, -0.15) is 0 Å². The van der Waals surface area contributed by atoms with Gasteiger partial charge < -0.3 is 14.3 Å². The lowest BCUT2D eigenvalue weighted by atomic mass is 10.3. The van der Waals surface area contributed by atoms with Gasteiger partial charge in [0.2, 0.25) is 0 Å². The van der Waals surface area contributed by atoms with Gasteiger partial charge in [-0.05, 0) is 12.1 Å². The zero-order valence-electron chi connectivity index (χ0n) is 8.72. The van der Waals surface area contributed by atoms with Crippen molar-refractivity contribution in [2.75, 3.05) is 19.8 Å². The van der Waals surface area contributed by atoms with Crippen molar-refractivity contribution in [2.45, 2.75) is 0 Å². The molecule has 3 nitrogen and oxygen atoms in total. The van der Waals surface area contributed by atoms with Crippen molar-refractivity contribution >= 4 is 6.79 Å². The highest BCUT2D eigenvalue weighted by atomic mass is 16.6. The molecule has 82 valence electrons. The molecule has 1 saturated heterocycles. The molecule has 0 bridgehead atoms. The molecule has 1 fully saturated rings. The molecule has 2 rings (SSSR count). The second-order valence-corrected chi connectivity index (χ2v) is 2.53. The van der Waals surface area contributed by atoms with Gasteiger partial charge in [-0.1, -0.05) is 30.9 Å². The monoisotopic (exact) mass is 208 g/mol. The summed E-state index contributed by atoms with van der Waals surface area (Å²) in [6.07, 6.45) is 1.73. The molecule has 0 atom stereocenters. The van der Waals surface area contributed by atoms with E-state index in [1.807, 2.05) is 37.1 Å². The molecule has 0 saturated carbocycles. The lowest BCUT2D eigenvalue weighted by Gasteiger charge is -1.99. The van der Waals surface area contributed by atoms with Crippen molar-refractivity contribution in [2.24, 2.45) is 0 Å². The third-order valence-corrected chi connectivity index (χ3v) is 1.32. The topological polar surface area (TPSA) is 38.8 Å². The first-order valence-electron chi connectivity index (χ1n) is 4.59. The molecule has 0 unspecified atom stereocenters. The van der Waals surface area contributed by atoms with Gasteiger partial charge in [0.25, 0.3) is 0 Å². The van der Waals surface area contributed by atoms with E-state index in [1.54, 1.807) is 6.08 Å². The number of para-hydroxylation sites is 1. The van der Waals surface area contributed by atoms with Crippen LogP contribution in [0.1, 0.15) is 0 Å². The van der Waals surface area contributed by atoms with Gasteiger partial charge >= 0.3 is 0 Å². The lowest BCUT2D eigenvalue weighted by molar-refractivity contribution is -0.0979. The maximum atomic E-state index is 8.00. The van der Waals surface area contributed by atoms with Crippen LogP contribution in [-0.4, -0.2) is 26.6 Å². The third-order valence-electron chi connectivity index (χ3n) is 1.32. The van der Waals surface area contributed by atoms with Crippen molar-refractivity contribution in [3.05, 3.63) is 43.0 Å². The number of hydrogen-bond acceptors (Lipinski definition) is 3. The SMILES string of the molecule is C1CO1.C=CCOc1ccccc1.C=O. The Labute approximate surface area is 90.3 Å². The normalized spacial score (nSPS) is 10.9. The third kappa shape index (κ3) is 10.3. The highest BCUT2D eigenvalue weighted by molar-refractivity contribution is 5.21. The summed E-state index contributed by atoms with van der Waals surface area (Å²) in [5, 5.41) is 0. The Balaban J connectivity index is 0.000000326. The molecule has 1 aliphatic rings. The van der Waals surface area contributed by atoms with E-state index in [0.29, 0.717) is 6.61 Å². The van der Waals surface area contributed by atoms with Crippen LogP contribution < -0.4 is 4.74 Å². The Morgan fingerprint density at radius 1 is 1.27 bits per heavy atom. The van der Waals surface area contributed by atoms with Crippen LogP contribution in [-0.2, 0) is 9.53 Å². The molecule has 1 aliphatic heterocycles. The molecular formula is C12H16O3. The molecule has 0 amide bonds. The second kappa shape index (κ2) is 10.5. The van der Waals surface area contributed by atoms with E-state index < -0.39 is 0 Å². The quantitative estimate of drug-likeness (QED) is 0.564. The maximum Gasteiger partial charge on any atom is 0.119 e. The van der Waals surface area contributed by atoms with E-state index in [1.165, 1.54) is 0 Å². The Bertz CT molecular complexity index is 242. The van der Waals surface area contributed by atoms with Crippen LogP contribution in [0.2, 0.25) is 0 Å². The van der Waals surface area contributed by atoms with Crippen LogP contribution in [0.15, 0.2) is 43.0 Å². The molecule has 0 aromatic heterocycles. The molecule has 3 heteroatoms. The van der Waals surface area contributed by atoms with Gasteiger partial charge in [-0.15, -0.1) is 0 Å². The van der Waals surface area contributed by atoms with Gasteiger partial charge in [0.1, 0.15) is 19.1 Å². The first-order chi connectivity index (χ1) is 7.43. The molecule has 0 aliphatic carbocycles. The van der Waals surface area contributed by atoms with Crippen LogP contribution in [0.5, 0.6) is 5.75 Å². The zero-order valence-corrected chi connectivity index (χ0v) is 8.72. The summed E-state index contributed by atoms with van der Waals surface area (Å²) >= 11 is 0. The number of hydrogen-bond donors (Lipinski definition) is 0. The molecule has 0 radical (unpaired) electrons. The van der Waals surface area contributed by atoms with Gasteiger partial charge in [-0.3, -0.25) is 0 Å². The van der Waals surface area contributed by atoms with Crippen LogP contribution in [0, 0.1) is 0 Å². The summed E-state index contributed by atoms with van der Waals surface area (Å²) in [4.78, 5) is 8.00. The first-order valence-corrected chi connectivity index (χ1v) is 4.59. The smallest absolute Gasteiger partial charge is 0.119 e. The molecule has 15 heavy (non-hydrogen) atoms. The minimum atomic E-state index is 0.573.